The van der Waals surface area contributed by atoms with Gasteiger partial charge in [0, 0.05) is 11.3 Å². The Labute approximate surface area is 212 Å². The molecular formula is C31H46O4. The van der Waals surface area contributed by atoms with Crippen LogP contribution in [0.1, 0.15) is 87.0 Å². The summed E-state index contributed by atoms with van der Waals surface area (Å²) in [6, 6.07) is 0. The number of rotatable bonds is 1. The summed E-state index contributed by atoms with van der Waals surface area (Å²) >= 11 is 0. The molecule has 4 nitrogen and oxygen atoms in total. The average molecular weight is 483 g/mol. The van der Waals surface area contributed by atoms with Crippen molar-refractivity contribution in [3.63, 3.8) is 0 Å². The van der Waals surface area contributed by atoms with E-state index in [0.29, 0.717) is 11.8 Å². The Bertz CT molecular complexity index is 1010. The first kappa shape index (κ1) is 25.2. The number of allylic oxidation sites excluding steroid dienone is 3. The Kier molecular flexibility index (Phi) is 5.45. The second-order valence-corrected chi connectivity index (χ2v) is 14.3. The Morgan fingerprint density at radius 2 is 1.71 bits per heavy atom. The van der Waals surface area contributed by atoms with Gasteiger partial charge >= 0.3 is 5.97 Å². The number of hydrogen-bond donors (Lipinski definition) is 1. The molecule has 35 heavy (non-hydrogen) atoms. The van der Waals surface area contributed by atoms with Gasteiger partial charge in [0.1, 0.15) is 0 Å². The van der Waals surface area contributed by atoms with Crippen LogP contribution in [0.25, 0.3) is 0 Å². The van der Waals surface area contributed by atoms with Crippen molar-refractivity contribution < 1.29 is 19.4 Å². The first-order valence-electron chi connectivity index (χ1n) is 13.9. The molecule has 0 saturated heterocycles. The van der Waals surface area contributed by atoms with Crippen LogP contribution in [0.5, 0.6) is 0 Å². The van der Waals surface area contributed by atoms with Gasteiger partial charge in [-0.1, -0.05) is 66.2 Å². The maximum absolute atomic E-state index is 14.3. The molecule has 194 valence electrons. The molecule has 0 aromatic rings. The van der Waals surface area contributed by atoms with E-state index >= 15 is 0 Å². The van der Waals surface area contributed by atoms with E-state index in [1.807, 2.05) is 12.2 Å². The molecule has 4 heteroatoms. The van der Waals surface area contributed by atoms with Crippen LogP contribution in [-0.2, 0) is 14.3 Å². The molecule has 10 atom stereocenters. The number of ketones is 1. The molecular weight excluding hydrogens is 436 g/mol. The molecule has 0 amide bonds. The summed E-state index contributed by atoms with van der Waals surface area (Å²) in [5, 5.41) is 11.4. The minimum atomic E-state index is -0.626. The number of methoxy groups -OCH3 is 1. The normalized spacial score (nSPS) is 52.4. The standard InChI is InChI=1S/C31H46O4/c1-18-9-14-31(26(34)35-8)16-15-28(5)20(24(31)19(18)2)17-21(32)25-29(28,6)13-10-22-27(3,4)12-11-23(33)30(22,25)7/h11-12,17-19,22-25,33H,9-10,13-16H2,1-8H3/t18-,19+,22?,23+,24?,25?,28-,29-,30-,31+/m1/s1. The van der Waals surface area contributed by atoms with Crippen LogP contribution < -0.4 is 0 Å². The van der Waals surface area contributed by atoms with Gasteiger partial charge in [0.25, 0.3) is 0 Å². The van der Waals surface area contributed by atoms with Gasteiger partial charge in [-0.15, -0.1) is 0 Å². The lowest BCUT2D eigenvalue weighted by Gasteiger charge is -2.70. The zero-order chi connectivity index (χ0) is 25.8. The molecule has 0 heterocycles. The summed E-state index contributed by atoms with van der Waals surface area (Å²) in [7, 11) is 1.52. The maximum Gasteiger partial charge on any atom is 0.312 e. The van der Waals surface area contributed by atoms with Crippen molar-refractivity contribution in [1.29, 1.82) is 0 Å². The molecule has 0 aromatic heterocycles. The Morgan fingerprint density at radius 1 is 1.03 bits per heavy atom. The maximum atomic E-state index is 14.3. The number of hydrogen-bond acceptors (Lipinski definition) is 4. The second kappa shape index (κ2) is 7.55. The van der Waals surface area contributed by atoms with Gasteiger partial charge in [0.15, 0.2) is 5.78 Å². The highest BCUT2D eigenvalue weighted by atomic mass is 16.5. The number of esters is 1. The van der Waals surface area contributed by atoms with Crippen molar-refractivity contribution in [3.05, 3.63) is 23.8 Å². The van der Waals surface area contributed by atoms with E-state index in [4.69, 9.17) is 4.74 Å². The summed E-state index contributed by atoms with van der Waals surface area (Å²) < 4.78 is 5.44. The van der Waals surface area contributed by atoms with E-state index in [1.165, 1.54) is 12.7 Å². The third-order valence-corrected chi connectivity index (χ3v) is 12.7. The highest BCUT2D eigenvalue weighted by Crippen LogP contribution is 2.74. The summed E-state index contributed by atoms with van der Waals surface area (Å²) in [5.74, 6) is 0.956. The van der Waals surface area contributed by atoms with Crippen molar-refractivity contribution in [3.8, 4) is 0 Å². The van der Waals surface area contributed by atoms with Gasteiger partial charge in [-0.2, -0.15) is 0 Å². The predicted octanol–water partition coefficient (Wildman–Crippen LogP) is 6.13. The fraction of sp³-hybridized carbons (Fsp3) is 0.806. The molecule has 0 spiro atoms. The smallest absolute Gasteiger partial charge is 0.312 e. The van der Waals surface area contributed by atoms with Gasteiger partial charge in [-0.05, 0) is 84.5 Å². The highest BCUT2D eigenvalue weighted by Gasteiger charge is 2.71. The van der Waals surface area contributed by atoms with Crippen LogP contribution >= 0.6 is 0 Å². The molecule has 0 aromatic carbocycles. The van der Waals surface area contributed by atoms with E-state index < -0.39 is 16.9 Å². The van der Waals surface area contributed by atoms with Crippen molar-refractivity contribution >= 4 is 11.8 Å². The van der Waals surface area contributed by atoms with Gasteiger partial charge in [-0.25, -0.2) is 0 Å². The minimum absolute atomic E-state index is 0.0392. The summed E-state index contributed by atoms with van der Waals surface area (Å²) in [5.41, 5.74) is -0.316. The minimum Gasteiger partial charge on any atom is -0.469 e. The van der Waals surface area contributed by atoms with Gasteiger partial charge in [0.05, 0.1) is 18.6 Å². The van der Waals surface area contributed by atoms with Crippen LogP contribution in [0.15, 0.2) is 23.8 Å². The number of fused-ring (bicyclic) bond motifs is 7. The van der Waals surface area contributed by atoms with Crippen LogP contribution in [0.4, 0.5) is 0 Å². The SMILES string of the molecule is COC(=O)[C@]12CC[C@@H](C)[C@H](C)C1C1=CC(=O)C3[C@]4(C)C(CC[C@@]3(C)[C@]1(C)CC2)C(C)(C)C=C[C@@H]4O. The third kappa shape index (κ3) is 2.90. The van der Waals surface area contributed by atoms with E-state index in [1.54, 1.807) is 0 Å². The zero-order valence-electron chi connectivity index (χ0n) is 23.1. The second-order valence-electron chi connectivity index (χ2n) is 14.3. The lowest BCUT2D eigenvalue weighted by atomic mass is 9.33. The van der Waals surface area contributed by atoms with Crippen LogP contribution in [0.2, 0.25) is 0 Å². The quantitative estimate of drug-likeness (QED) is 0.360. The number of aliphatic hydroxyl groups is 1. The molecule has 3 unspecified atom stereocenters. The summed E-state index contributed by atoms with van der Waals surface area (Å²) in [6.07, 6.45) is 11.0. The molecule has 5 rings (SSSR count). The molecule has 5 aliphatic carbocycles. The fourth-order valence-corrected chi connectivity index (χ4v) is 10.4. The Balaban J connectivity index is 1.70. The predicted molar refractivity (Wildman–Crippen MR) is 137 cm³/mol. The molecule has 3 saturated carbocycles. The van der Waals surface area contributed by atoms with E-state index in [9.17, 15) is 14.7 Å². The van der Waals surface area contributed by atoms with Crippen molar-refractivity contribution in [1.82, 2.24) is 0 Å². The molecule has 0 bridgehead atoms. The lowest BCUT2D eigenvalue weighted by Crippen LogP contribution is -2.68. The molecule has 5 aliphatic rings. The van der Waals surface area contributed by atoms with Gasteiger partial charge in [0.2, 0.25) is 0 Å². The number of aliphatic hydroxyl groups excluding tert-OH is 1. The fourth-order valence-electron chi connectivity index (χ4n) is 10.4. The highest BCUT2D eigenvalue weighted by molar-refractivity contribution is 5.96. The number of ether oxygens (including phenoxy) is 1. The monoisotopic (exact) mass is 482 g/mol. The van der Waals surface area contributed by atoms with Gasteiger partial charge in [-0.3, -0.25) is 9.59 Å². The van der Waals surface area contributed by atoms with Crippen LogP contribution in [-0.4, -0.2) is 30.1 Å². The first-order valence-corrected chi connectivity index (χ1v) is 13.9. The molecule has 0 aliphatic heterocycles. The third-order valence-electron chi connectivity index (χ3n) is 12.7. The van der Waals surface area contributed by atoms with E-state index in [0.717, 1.165) is 38.5 Å². The average Bonchev–Trinajstić information content (AvgIpc) is 2.79. The van der Waals surface area contributed by atoms with Crippen LogP contribution in [0.3, 0.4) is 0 Å². The Hall–Kier alpha value is -1.42. The first-order chi connectivity index (χ1) is 16.2. The number of carbonyl (C=O) groups is 2. The van der Waals surface area contributed by atoms with Gasteiger partial charge < -0.3 is 9.84 Å². The zero-order valence-corrected chi connectivity index (χ0v) is 23.1. The molecule has 0 radical (unpaired) electrons. The summed E-state index contributed by atoms with van der Waals surface area (Å²) in [6.45, 7) is 16.0. The largest absolute Gasteiger partial charge is 0.469 e. The molecule has 3 fully saturated rings. The topological polar surface area (TPSA) is 63.6 Å². The number of carbonyl (C=O) groups excluding carboxylic acids is 2. The van der Waals surface area contributed by atoms with Crippen molar-refractivity contribution in [2.24, 2.45) is 56.7 Å². The van der Waals surface area contributed by atoms with Crippen molar-refractivity contribution in [2.75, 3.05) is 7.11 Å². The van der Waals surface area contributed by atoms with E-state index in [-0.39, 0.29) is 45.8 Å². The summed E-state index contributed by atoms with van der Waals surface area (Å²) in [4.78, 5) is 27.7. The lowest BCUT2D eigenvalue weighted by molar-refractivity contribution is -0.198. The van der Waals surface area contributed by atoms with E-state index in [2.05, 4.69) is 54.5 Å². The molecule has 1 N–H and O–H groups in total. The Morgan fingerprint density at radius 3 is 2.37 bits per heavy atom. The van der Waals surface area contributed by atoms with Crippen LogP contribution in [0, 0.1) is 56.7 Å². The van der Waals surface area contributed by atoms with Crippen molar-refractivity contribution in [2.45, 2.75) is 93.1 Å².